The van der Waals surface area contributed by atoms with Crippen LogP contribution in [0.3, 0.4) is 0 Å². The standard InChI is InChI=1S/C14H11BrO3S/c1-18-14-6-9(2-4-13(14)17)12(16)5-3-11-7-10(15)8-19-11/h2-8,17H,1H3/b5-3-. The van der Waals surface area contributed by atoms with E-state index in [0.29, 0.717) is 5.56 Å². The van der Waals surface area contributed by atoms with Crippen molar-refractivity contribution in [3.63, 3.8) is 0 Å². The van der Waals surface area contributed by atoms with E-state index in [-0.39, 0.29) is 17.3 Å². The van der Waals surface area contributed by atoms with Gasteiger partial charge in [-0.2, -0.15) is 0 Å². The molecule has 2 aromatic rings. The molecule has 0 bridgehead atoms. The van der Waals surface area contributed by atoms with E-state index in [4.69, 9.17) is 4.74 Å². The quantitative estimate of drug-likeness (QED) is 0.673. The maximum Gasteiger partial charge on any atom is 0.186 e. The zero-order chi connectivity index (χ0) is 13.8. The number of methoxy groups -OCH3 is 1. The molecule has 98 valence electrons. The summed E-state index contributed by atoms with van der Waals surface area (Å²) in [5, 5.41) is 11.4. The number of benzene rings is 1. The first kappa shape index (κ1) is 13.8. The number of aromatic hydroxyl groups is 1. The van der Waals surface area contributed by atoms with Crippen LogP contribution in [0.5, 0.6) is 11.5 Å². The maximum atomic E-state index is 12.0. The Balaban J connectivity index is 2.18. The smallest absolute Gasteiger partial charge is 0.186 e. The van der Waals surface area contributed by atoms with Crippen molar-refractivity contribution in [2.75, 3.05) is 7.11 Å². The molecule has 0 amide bonds. The molecule has 19 heavy (non-hydrogen) atoms. The van der Waals surface area contributed by atoms with E-state index in [0.717, 1.165) is 9.35 Å². The summed E-state index contributed by atoms with van der Waals surface area (Å²) in [5.74, 6) is 0.172. The van der Waals surface area contributed by atoms with Crippen LogP contribution in [0.25, 0.3) is 6.08 Å². The lowest BCUT2D eigenvalue weighted by atomic mass is 10.1. The van der Waals surface area contributed by atoms with Gasteiger partial charge in [0.1, 0.15) is 0 Å². The molecular formula is C14H11BrO3S. The Morgan fingerprint density at radius 3 is 2.84 bits per heavy atom. The molecule has 0 atom stereocenters. The summed E-state index contributed by atoms with van der Waals surface area (Å²) < 4.78 is 5.97. The molecule has 1 heterocycles. The van der Waals surface area contributed by atoms with Gasteiger partial charge in [-0.05, 0) is 52.3 Å². The van der Waals surface area contributed by atoms with Gasteiger partial charge in [-0.1, -0.05) is 0 Å². The number of hydrogen-bond donors (Lipinski definition) is 1. The van der Waals surface area contributed by atoms with Crippen molar-refractivity contribution in [2.24, 2.45) is 0 Å². The predicted octanol–water partition coefficient (Wildman–Crippen LogP) is 4.12. The van der Waals surface area contributed by atoms with Gasteiger partial charge in [0.15, 0.2) is 17.3 Å². The van der Waals surface area contributed by atoms with E-state index >= 15 is 0 Å². The Labute approximate surface area is 123 Å². The highest BCUT2D eigenvalue weighted by Crippen LogP contribution is 2.27. The number of ether oxygens (including phenoxy) is 1. The average Bonchev–Trinajstić information content (AvgIpc) is 2.82. The molecule has 1 N–H and O–H groups in total. The van der Waals surface area contributed by atoms with Gasteiger partial charge >= 0.3 is 0 Å². The first-order valence-corrected chi connectivity index (χ1v) is 7.11. The third-order valence-corrected chi connectivity index (χ3v) is 4.11. The van der Waals surface area contributed by atoms with Gasteiger partial charge in [-0.15, -0.1) is 11.3 Å². The minimum Gasteiger partial charge on any atom is -0.504 e. The minimum atomic E-state index is -0.136. The van der Waals surface area contributed by atoms with Gasteiger partial charge in [0.2, 0.25) is 0 Å². The molecule has 0 aliphatic carbocycles. The van der Waals surface area contributed by atoms with Crippen LogP contribution >= 0.6 is 27.3 Å². The number of rotatable bonds is 4. The summed E-state index contributed by atoms with van der Waals surface area (Å²) in [4.78, 5) is 13.0. The van der Waals surface area contributed by atoms with Crippen LogP contribution in [0.1, 0.15) is 15.2 Å². The SMILES string of the molecule is COc1cc(C(=O)/C=C\c2cc(Br)cs2)ccc1O. The molecular weight excluding hydrogens is 328 g/mol. The minimum absolute atomic E-state index is 0.0187. The second kappa shape index (κ2) is 6.04. The number of carbonyl (C=O) groups excluding carboxylic acids is 1. The second-order valence-electron chi connectivity index (χ2n) is 3.75. The summed E-state index contributed by atoms with van der Waals surface area (Å²) in [5.41, 5.74) is 0.474. The largest absolute Gasteiger partial charge is 0.504 e. The highest BCUT2D eigenvalue weighted by molar-refractivity contribution is 9.10. The van der Waals surface area contributed by atoms with Crippen molar-refractivity contribution < 1.29 is 14.6 Å². The molecule has 3 nitrogen and oxygen atoms in total. The number of phenolic OH excluding ortho intramolecular Hbond substituents is 1. The van der Waals surface area contributed by atoms with E-state index < -0.39 is 0 Å². The third kappa shape index (κ3) is 3.45. The number of phenols is 1. The Hall–Kier alpha value is -1.59. The molecule has 0 radical (unpaired) electrons. The predicted molar refractivity (Wildman–Crippen MR) is 80.0 cm³/mol. The van der Waals surface area contributed by atoms with Crippen molar-refractivity contribution >= 4 is 39.1 Å². The topological polar surface area (TPSA) is 46.5 Å². The summed E-state index contributed by atoms with van der Waals surface area (Å²) in [6.45, 7) is 0. The van der Waals surface area contributed by atoms with Gasteiger partial charge in [-0.25, -0.2) is 0 Å². The number of thiophene rings is 1. The van der Waals surface area contributed by atoms with Crippen LogP contribution in [0.4, 0.5) is 0 Å². The molecule has 0 aliphatic heterocycles. The van der Waals surface area contributed by atoms with Crippen molar-refractivity contribution in [1.82, 2.24) is 0 Å². The van der Waals surface area contributed by atoms with Gasteiger partial charge in [0.05, 0.1) is 7.11 Å². The summed E-state index contributed by atoms with van der Waals surface area (Å²) >= 11 is 4.90. The molecule has 5 heteroatoms. The fraction of sp³-hybridized carbons (Fsp3) is 0.0714. The lowest BCUT2D eigenvalue weighted by Crippen LogP contribution is -1.95. The molecule has 1 aromatic heterocycles. The number of hydrogen-bond acceptors (Lipinski definition) is 4. The fourth-order valence-electron chi connectivity index (χ4n) is 1.50. The Morgan fingerprint density at radius 2 is 2.21 bits per heavy atom. The van der Waals surface area contributed by atoms with Crippen LogP contribution in [-0.2, 0) is 0 Å². The van der Waals surface area contributed by atoms with Gasteiger partial charge in [0.25, 0.3) is 0 Å². The molecule has 1 aromatic carbocycles. The van der Waals surface area contributed by atoms with E-state index in [1.54, 1.807) is 23.5 Å². The summed E-state index contributed by atoms with van der Waals surface area (Å²) in [6, 6.07) is 6.47. The van der Waals surface area contributed by atoms with Crippen molar-refractivity contribution in [1.29, 1.82) is 0 Å². The van der Waals surface area contributed by atoms with Gasteiger partial charge in [-0.3, -0.25) is 4.79 Å². The highest BCUT2D eigenvalue weighted by Gasteiger charge is 2.07. The normalized spacial score (nSPS) is 10.8. The first-order chi connectivity index (χ1) is 9.10. The van der Waals surface area contributed by atoms with E-state index in [1.165, 1.54) is 25.3 Å². The molecule has 0 saturated heterocycles. The molecule has 0 spiro atoms. The van der Waals surface area contributed by atoms with Crippen LogP contribution in [0.15, 0.2) is 40.2 Å². The highest BCUT2D eigenvalue weighted by atomic mass is 79.9. The molecule has 0 unspecified atom stereocenters. The van der Waals surface area contributed by atoms with Crippen molar-refractivity contribution in [3.05, 3.63) is 50.6 Å². The number of allylic oxidation sites excluding steroid dienone is 1. The maximum absolute atomic E-state index is 12.0. The van der Waals surface area contributed by atoms with Gasteiger partial charge < -0.3 is 9.84 Å². The zero-order valence-electron chi connectivity index (χ0n) is 10.1. The molecule has 0 saturated carbocycles. The van der Waals surface area contributed by atoms with Gasteiger partial charge in [0, 0.05) is 20.3 Å². The molecule has 0 fully saturated rings. The number of halogens is 1. The third-order valence-electron chi connectivity index (χ3n) is 2.45. The van der Waals surface area contributed by atoms with Crippen LogP contribution in [0, 0.1) is 0 Å². The Kier molecular flexibility index (Phi) is 4.39. The Bertz CT molecular complexity index is 631. The van der Waals surface area contributed by atoms with Crippen LogP contribution < -0.4 is 4.74 Å². The van der Waals surface area contributed by atoms with E-state index in [1.807, 2.05) is 11.4 Å². The lowest BCUT2D eigenvalue weighted by Gasteiger charge is -2.04. The summed E-state index contributed by atoms with van der Waals surface area (Å²) in [6.07, 6.45) is 3.27. The monoisotopic (exact) mass is 338 g/mol. The first-order valence-electron chi connectivity index (χ1n) is 5.43. The van der Waals surface area contributed by atoms with Crippen LogP contribution in [-0.4, -0.2) is 18.0 Å². The number of ketones is 1. The Morgan fingerprint density at radius 1 is 1.42 bits per heavy atom. The fourth-order valence-corrected chi connectivity index (χ4v) is 2.84. The van der Waals surface area contributed by atoms with Crippen molar-refractivity contribution in [3.8, 4) is 11.5 Å². The summed E-state index contributed by atoms with van der Waals surface area (Å²) in [7, 11) is 1.45. The molecule has 2 rings (SSSR count). The second-order valence-corrected chi connectivity index (χ2v) is 5.61. The average molecular weight is 339 g/mol. The van der Waals surface area contributed by atoms with Crippen molar-refractivity contribution in [2.45, 2.75) is 0 Å². The van der Waals surface area contributed by atoms with E-state index in [2.05, 4.69) is 15.9 Å². The van der Waals surface area contributed by atoms with Crippen LogP contribution in [0.2, 0.25) is 0 Å². The van der Waals surface area contributed by atoms with E-state index in [9.17, 15) is 9.90 Å². The lowest BCUT2D eigenvalue weighted by molar-refractivity contribution is 0.104. The number of carbonyl (C=O) groups is 1. The molecule has 0 aliphatic rings. The zero-order valence-corrected chi connectivity index (χ0v) is 12.5.